The van der Waals surface area contributed by atoms with E-state index < -0.39 is 6.10 Å². The lowest BCUT2D eigenvalue weighted by atomic mass is 10.3. The molecule has 1 aromatic heterocycles. The number of aryl methyl sites for hydroxylation is 2. The highest BCUT2D eigenvalue weighted by molar-refractivity contribution is 7.99. The zero-order valence-electron chi connectivity index (χ0n) is 9.10. The molecule has 84 valence electrons. The molecule has 1 aromatic rings. The van der Waals surface area contributed by atoms with Crippen LogP contribution >= 0.6 is 11.8 Å². The standard InChI is InChI=1S/C10H17N3OS/c1-7-5-8(2)13-10(12-7)15-4-3-9(14)6-11/h5,9,14H,3-4,6,11H2,1-2H3. The van der Waals surface area contributed by atoms with Crippen molar-refractivity contribution in [2.24, 2.45) is 5.73 Å². The topological polar surface area (TPSA) is 72.0 Å². The van der Waals surface area contributed by atoms with E-state index in [9.17, 15) is 5.11 Å². The maximum absolute atomic E-state index is 9.27. The molecule has 0 aliphatic rings. The second-order valence-corrected chi connectivity index (χ2v) is 4.52. The first-order valence-corrected chi connectivity index (χ1v) is 5.93. The van der Waals surface area contributed by atoms with Crippen LogP contribution in [-0.4, -0.2) is 33.5 Å². The Morgan fingerprint density at radius 3 is 2.53 bits per heavy atom. The fourth-order valence-corrected chi connectivity index (χ4v) is 2.15. The van der Waals surface area contributed by atoms with Gasteiger partial charge in [-0.25, -0.2) is 9.97 Å². The summed E-state index contributed by atoms with van der Waals surface area (Å²) >= 11 is 1.55. The molecule has 0 saturated carbocycles. The van der Waals surface area contributed by atoms with Crippen LogP contribution < -0.4 is 5.73 Å². The summed E-state index contributed by atoms with van der Waals surface area (Å²) in [5.41, 5.74) is 7.26. The zero-order chi connectivity index (χ0) is 11.3. The van der Waals surface area contributed by atoms with Gasteiger partial charge in [-0.15, -0.1) is 0 Å². The Labute approximate surface area is 94.3 Å². The maximum atomic E-state index is 9.27. The van der Waals surface area contributed by atoms with Gasteiger partial charge in [-0.3, -0.25) is 0 Å². The van der Waals surface area contributed by atoms with Crippen molar-refractivity contribution >= 4 is 11.8 Å². The van der Waals surface area contributed by atoms with E-state index in [2.05, 4.69) is 9.97 Å². The smallest absolute Gasteiger partial charge is 0.187 e. The summed E-state index contributed by atoms with van der Waals surface area (Å²) in [6.45, 7) is 4.22. The normalized spacial score (nSPS) is 12.8. The van der Waals surface area contributed by atoms with Crippen LogP contribution in [-0.2, 0) is 0 Å². The highest BCUT2D eigenvalue weighted by atomic mass is 32.2. The molecule has 0 aliphatic heterocycles. The molecule has 0 spiro atoms. The minimum Gasteiger partial charge on any atom is -0.392 e. The first-order valence-electron chi connectivity index (χ1n) is 4.95. The molecule has 1 rings (SSSR count). The van der Waals surface area contributed by atoms with Crippen LogP contribution in [0.4, 0.5) is 0 Å². The molecule has 15 heavy (non-hydrogen) atoms. The minimum absolute atomic E-state index is 0.314. The second-order valence-electron chi connectivity index (χ2n) is 3.46. The molecule has 4 nitrogen and oxygen atoms in total. The van der Waals surface area contributed by atoms with Gasteiger partial charge in [0.05, 0.1) is 6.10 Å². The van der Waals surface area contributed by atoms with E-state index in [1.54, 1.807) is 11.8 Å². The van der Waals surface area contributed by atoms with Crippen molar-refractivity contribution in [2.45, 2.75) is 31.5 Å². The molecular formula is C10H17N3OS. The average Bonchev–Trinajstić information content (AvgIpc) is 2.16. The number of nitrogens with zero attached hydrogens (tertiary/aromatic N) is 2. The van der Waals surface area contributed by atoms with E-state index >= 15 is 0 Å². The summed E-state index contributed by atoms with van der Waals surface area (Å²) in [4.78, 5) is 8.59. The van der Waals surface area contributed by atoms with Crippen molar-refractivity contribution in [1.82, 2.24) is 9.97 Å². The number of hydrogen-bond acceptors (Lipinski definition) is 5. The maximum Gasteiger partial charge on any atom is 0.187 e. The number of hydrogen-bond donors (Lipinski definition) is 2. The van der Waals surface area contributed by atoms with Gasteiger partial charge in [0.25, 0.3) is 0 Å². The van der Waals surface area contributed by atoms with Gasteiger partial charge in [0.15, 0.2) is 5.16 Å². The lowest BCUT2D eigenvalue weighted by Crippen LogP contribution is -2.20. The molecule has 5 heteroatoms. The van der Waals surface area contributed by atoms with Crippen LogP contribution in [0.15, 0.2) is 11.2 Å². The van der Waals surface area contributed by atoms with Crippen molar-refractivity contribution < 1.29 is 5.11 Å². The van der Waals surface area contributed by atoms with E-state index in [1.807, 2.05) is 19.9 Å². The van der Waals surface area contributed by atoms with Crippen molar-refractivity contribution in [3.05, 3.63) is 17.5 Å². The summed E-state index contributed by atoms with van der Waals surface area (Å²) in [5, 5.41) is 10.0. The summed E-state index contributed by atoms with van der Waals surface area (Å²) in [7, 11) is 0. The van der Waals surface area contributed by atoms with Gasteiger partial charge in [0, 0.05) is 23.7 Å². The lowest BCUT2D eigenvalue weighted by molar-refractivity contribution is 0.180. The first kappa shape index (κ1) is 12.4. The summed E-state index contributed by atoms with van der Waals surface area (Å²) in [6.07, 6.45) is 0.265. The molecule has 1 heterocycles. The molecular weight excluding hydrogens is 210 g/mol. The molecule has 0 aliphatic carbocycles. The Hall–Kier alpha value is -0.650. The Balaban J connectivity index is 2.43. The third kappa shape index (κ3) is 4.59. The number of aromatic nitrogens is 2. The van der Waals surface area contributed by atoms with Gasteiger partial charge in [-0.1, -0.05) is 11.8 Å². The van der Waals surface area contributed by atoms with Crippen LogP contribution in [0.3, 0.4) is 0 Å². The fraction of sp³-hybridized carbons (Fsp3) is 0.600. The Morgan fingerprint density at radius 1 is 1.40 bits per heavy atom. The molecule has 0 saturated heterocycles. The first-order chi connectivity index (χ1) is 7.11. The third-order valence-corrected chi connectivity index (χ3v) is 2.80. The number of aliphatic hydroxyl groups is 1. The van der Waals surface area contributed by atoms with Gasteiger partial charge >= 0.3 is 0 Å². The highest BCUT2D eigenvalue weighted by Crippen LogP contribution is 2.15. The largest absolute Gasteiger partial charge is 0.392 e. The Kier molecular flexibility index (Phi) is 5.01. The monoisotopic (exact) mass is 227 g/mol. The van der Waals surface area contributed by atoms with Crippen molar-refractivity contribution in [3.63, 3.8) is 0 Å². The van der Waals surface area contributed by atoms with E-state index in [4.69, 9.17) is 5.73 Å². The van der Waals surface area contributed by atoms with Gasteiger partial charge in [-0.05, 0) is 26.3 Å². The predicted octanol–water partition coefficient (Wildman–Crippen LogP) is 0.895. The third-order valence-electron chi connectivity index (χ3n) is 1.92. The average molecular weight is 227 g/mol. The highest BCUT2D eigenvalue weighted by Gasteiger charge is 2.04. The summed E-state index contributed by atoms with van der Waals surface area (Å²) < 4.78 is 0. The van der Waals surface area contributed by atoms with Crippen LogP contribution in [0.2, 0.25) is 0 Å². The molecule has 3 N–H and O–H groups in total. The molecule has 0 aromatic carbocycles. The Bertz CT molecular complexity index is 299. The second kappa shape index (κ2) is 6.05. The molecule has 1 atom stereocenters. The fourth-order valence-electron chi connectivity index (χ4n) is 1.16. The number of nitrogens with two attached hydrogens (primary N) is 1. The number of thioether (sulfide) groups is 1. The van der Waals surface area contributed by atoms with Crippen molar-refractivity contribution in [2.75, 3.05) is 12.3 Å². The van der Waals surface area contributed by atoms with E-state index in [1.165, 1.54) is 0 Å². The van der Waals surface area contributed by atoms with Crippen LogP contribution in [0.1, 0.15) is 17.8 Å². The van der Waals surface area contributed by atoms with Gasteiger partial charge in [0.2, 0.25) is 0 Å². The van der Waals surface area contributed by atoms with Crippen molar-refractivity contribution in [3.8, 4) is 0 Å². The van der Waals surface area contributed by atoms with E-state index in [-0.39, 0.29) is 0 Å². The molecule has 1 unspecified atom stereocenters. The Morgan fingerprint density at radius 2 is 2.00 bits per heavy atom. The number of rotatable bonds is 5. The number of aliphatic hydroxyl groups excluding tert-OH is 1. The van der Waals surface area contributed by atoms with Gasteiger partial charge in [0.1, 0.15) is 0 Å². The van der Waals surface area contributed by atoms with Crippen LogP contribution in [0.25, 0.3) is 0 Å². The zero-order valence-corrected chi connectivity index (χ0v) is 9.92. The quantitative estimate of drug-likeness (QED) is 0.577. The molecule has 0 radical (unpaired) electrons. The molecule has 0 amide bonds. The minimum atomic E-state index is -0.414. The lowest BCUT2D eigenvalue weighted by Gasteiger charge is -2.06. The van der Waals surface area contributed by atoms with Crippen LogP contribution in [0, 0.1) is 13.8 Å². The van der Waals surface area contributed by atoms with E-state index in [0.29, 0.717) is 13.0 Å². The van der Waals surface area contributed by atoms with Gasteiger partial charge < -0.3 is 10.8 Å². The van der Waals surface area contributed by atoms with Crippen molar-refractivity contribution in [1.29, 1.82) is 0 Å². The SMILES string of the molecule is Cc1cc(C)nc(SCCC(O)CN)n1. The van der Waals surface area contributed by atoms with E-state index in [0.717, 1.165) is 22.3 Å². The van der Waals surface area contributed by atoms with Gasteiger partial charge in [-0.2, -0.15) is 0 Å². The summed E-state index contributed by atoms with van der Waals surface area (Å²) in [5.74, 6) is 0.793. The summed E-state index contributed by atoms with van der Waals surface area (Å²) in [6, 6.07) is 1.94. The molecule has 0 fully saturated rings. The predicted molar refractivity (Wildman–Crippen MR) is 61.9 cm³/mol. The van der Waals surface area contributed by atoms with Crippen LogP contribution in [0.5, 0.6) is 0 Å². The molecule has 0 bridgehead atoms.